The molecule has 0 unspecified atom stereocenters. The largest absolute Gasteiger partial charge is 0.449 e. The van der Waals surface area contributed by atoms with Crippen molar-refractivity contribution in [3.8, 4) is 23.0 Å². The first-order chi connectivity index (χ1) is 14.6. The molecule has 0 saturated heterocycles. The Balaban J connectivity index is 1.30. The van der Waals surface area contributed by atoms with E-state index in [0.29, 0.717) is 24.1 Å². The zero-order valence-corrected chi connectivity index (χ0v) is 16.6. The second-order valence-electron chi connectivity index (χ2n) is 7.08. The Kier molecular flexibility index (Phi) is 5.76. The maximum Gasteiger partial charge on any atom is 0.407 e. The third-order valence-corrected chi connectivity index (χ3v) is 5.23. The van der Waals surface area contributed by atoms with E-state index in [2.05, 4.69) is 46.4 Å². The zero-order valence-electron chi connectivity index (χ0n) is 16.6. The van der Waals surface area contributed by atoms with Gasteiger partial charge >= 0.3 is 6.09 Å². The molecule has 0 bridgehead atoms. The fourth-order valence-electron chi connectivity index (χ4n) is 3.68. The Morgan fingerprint density at radius 3 is 2.47 bits per heavy atom. The first kappa shape index (κ1) is 19.7. The molecule has 1 heterocycles. The Morgan fingerprint density at radius 2 is 1.77 bits per heavy atom. The normalized spacial score (nSPS) is 11.8. The summed E-state index contributed by atoms with van der Waals surface area (Å²) >= 11 is 0. The molecule has 0 atom stereocenters. The van der Waals surface area contributed by atoms with Gasteiger partial charge in [0.25, 0.3) is 0 Å². The van der Waals surface area contributed by atoms with Crippen LogP contribution in [0.1, 0.15) is 34.6 Å². The van der Waals surface area contributed by atoms with E-state index in [4.69, 9.17) is 4.74 Å². The van der Waals surface area contributed by atoms with Crippen LogP contribution in [0.4, 0.5) is 9.18 Å². The van der Waals surface area contributed by atoms with E-state index < -0.39 is 12.0 Å². The number of fused-ring (bicyclic) bond motifs is 3. The van der Waals surface area contributed by atoms with Gasteiger partial charge in [-0.1, -0.05) is 60.4 Å². The number of carbonyl (C=O) groups is 1. The molecule has 0 fully saturated rings. The number of amides is 1. The van der Waals surface area contributed by atoms with Crippen LogP contribution in [0.3, 0.4) is 0 Å². The summed E-state index contributed by atoms with van der Waals surface area (Å²) in [6, 6.07) is 18.1. The summed E-state index contributed by atoms with van der Waals surface area (Å²) in [5, 5.41) is 2.72. The number of ether oxygens (including phenoxy) is 1. The summed E-state index contributed by atoms with van der Waals surface area (Å²) in [7, 11) is 0. The van der Waals surface area contributed by atoms with E-state index in [9.17, 15) is 9.18 Å². The summed E-state index contributed by atoms with van der Waals surface area (Å²) in [6.45, 7) is 2.28. The number of rotatable bonds is 4. The lowest BCUT2D eigenvalue weighted by Crippen LogP contribution is -2.26. The molecule has 0 spiro atoms. The molecule has 0 aliphatic heterocycles. The van der Waals surface area contributed by atoms with Gasteiger partial charge < -0.3 is 10.1 Å². The van der Waals surface area contributed by atoms with E-state index in [1.54, 1.807) is 13.0 Å². The summed E-state index contributed by atoms with van der Waals surface area (Å²) in [5.74, 6) is 5.36. The third-order valence-electron chi connectivity index (χ3n) is 5.23. The van der Waals surface area contributed by atoms with Crippen LogP contribution in [0.15, 0.2) is 60.8 Å². The number of carbonyl (C=O) groups excluding carboxylic acids is 1. The van der Waals surface area contributed by atoms with Crippen LogP contribution in [0, 0.1) is 24.7 Å². The first-order valence-corrected chi connectivity index (χ1v) is 9.84. The van der Waals surface area contributed by atoms with Crippen LogP contribution in [0.5, 0.6) is 0 Å². The molecular weight excluding hydrogens is 379 g/mol. The van der Waals surface area contributed by atoms with Gasteiger partial charge in [-0.25, -0.2) is 9.78 Å². The van der Waals surface area contributed by atoms with Gasteiger partial charge in [-0.15, -0.1) is 0 Å². The number of nitrogens with zero attached hydrogens (tertiary/aromatic N) is 1. The lowest BCUT2D eigenvalue weighted by Gasteiger charge is -2.14. The topological polar surface area (TPSA) is 51.2 Å². The first-order valence-electron chi connectivity index (χ1n) is 9.84. The summed E-state index contributed by atoms with van der Waals surface area (Å²) in [5.41, 5.74) is 5.77. The second kappa shape index (κ2) is 8.79. The standard InChI is InChI=1S/C25H21FN2O2/c1-17-18(13-15-27-24(17)26)8-6-7-14-28-25(29)30-16-23-21-11-4-2-9-19(21)20-10-3-5-12-22(20)23/h2-5,9-13,15,23H,7,14,16H2,1H3,(H,28,29). The summed E-state index contributed by atoms with van der Waals surface area (Å²) in [4.78, 5) is 15.7. The minimum atomic E-state index is -0.515. The van der Waals surface area contributed by atoms with Crippen LogP contribution in [0.2, 0.25) is 0 Å². The maximum atomic E-state index is 13.4. The average molecular weight is 400 g/mol. The molecule has 1 aliphatic rings. The highest BCUT2D eigenvalue weighted by molar-refractivity contribution is 5.79. The monoisotopic (exact) mass is 400 g/mol. The van der Waals surface area contributed by atoms with Gasteiger partial charge in [0.1, 0.15) is 6.61 Å². The number of benzene rings is 2. The zero-order chi connectivity index (χ0) is 20.9. The predicted molar refractivity (Wildman–Crippen MR) is 113 cm³/mol. The molecule has 1 N–H and O–H groups in total. The fourth-order valence-corrected chi connectivity index (χ4v) is 3.68. The van der Waals surface area contributed by atoms with Crippen molar-refractivity contribution in [2.75, 3.05) is 13.2 Å². The van der Waals surface area contributed by atoms with E-state index in [-0.39, 0.29) is 12.5 Å². The number of hydrogen-bond donors (Lipinski definition) is 1. The molecule has 3 aromatic rings. The SMILES string of the molecule is Cc1c(C#CCCNC(=O)OCC2c3ccccc3-c3ccccc32)ccnc1F. The number of nitrogens with one attached hydrogen (secondary N) is 1. The van der Waals surface area contributed by atoms with E-state index in [1.165, 1.54) is 28.5 Å². The molecule has 30 heavy (non-hydrogen) atoms. The van der Waals surface area contributed by atoms with Crippen LogP contribution < -0.4 is 5.32 Å². The van der Waals surface area contributed by atoms with Crippen molar-refractivity contribution >= 4 is 6.09 Å². The highest BCUT2D eigenvalue weighted by Crippen LogP contribution is 2.44. The van der Waals surface area contributed by atoms with Crippen LogP contribution in [-0.2, 0) is 4.74 Å². The molecule has 5 heteroatoms. The van der Waals surface area contributed by atoms with Gasteiger partial charge in [0, 0.05) is 36.2 Å². The molecule has 1 aromatic heterocycles. The minimum Gasteiger partial charge on any atom is -0.449 e. The molecule has 2 aromatic carbocycles. The van der Waals surface area contributed by atoms with Crippen molar-refractivity contribution in [3.63, 3.8) is 0 Å². The van der Waals surface area contributed by atoms with Gasteiger partial charge in [0.2, 0.25) is 5.95 Å². The average Bonchev–Trinajstić information content (AvgIpc) is 3.09. The van der Waals surface area contributed by atoms with Crippen molar-refractivity contribution in [1.82, 2.24) is 10.3 Å². The minimum absolute atomic E-state index is 0.0347. The second-order valence-corrected chi connectivity index (χ2v) is 7.08. The van der Waals surface area contributed by atoms with Crippen LogP contribution in [-0.4, -0.2) is 24.2 Å². The number of alkyl carbamates (subject to hydrolysis) is 1. The Hall–Kier alpha value is -3.65. The van der Waals surface area contributed by atoms with E-state index >= 15 is 0 Å². The van der Waals surface area contributed by atoms with Crippen LogP contribution >= 0.6 is 0 Å². The number of halogens is 1. The summed E-state index contributed by atoms with van der Waals surface area (Å²) < 4.78 is 18.9. The molecule has 0 radical (unpaired) electrons. The molecule has 4 rings (SSSR count). The van der Waals surface area contributed by atoms with Gasteiger partial charge in [0.15, 0.2) is 0 Å². The van der Waals surface area contributed by atoms with E-state index in [1.807, 2.05) is 24.3 Å². The third kappa shape index (κ3) is 4.04. The van der Waals surface area contributed by atoms with Gasteiger partial charge in [-0.3, -0.25) is 0 Å². The lowest BCUT2D eigenvalue weighted by atomic mass is 9.98. The Labute approximate surface area is 175 Å². The van der Waals surface area contributed by atoms with Gasteiger partial charge in [-0.2, -0.15) is 4.39 Å². The highest BCUT2D eigenvalue weighted by Gasteiger charge is 2.28. The molecule has 150 valence electrons. The van der Waals surface area contributed by atoms with Crippen LogP contribution in [0.25, 0.3) is 11.1 Å². The van der Waals surface area contributed by atoms with Crippen molar-refractivity contribution < 1.29 is 13.9 Å². The molecule has 1 aliphatic carbocycles. The summed E-state index contributed by atoms with van der Waals surface area (Å²) in [6.07, 6.45) is 1.36. The van der Waals surface area contributed by atoms with Crippen molar-refractivity contribution in [2.24, 2.45) is 0 Å². The van der Waals surface area contributed by atoms with Crippen molar-refractivity contribution in [2.45, 2.75) is 19.3 Å². The van der Waals surface area contributed by atoms with Crippen molar-refractivity contribution in [3.05, 3.63) is 89.0 Å². The quantitative estimate of drug-likeness (QED) is 0.388. The lowest BCUT2D eigenvalue weighted by molar-refractivity contribution is 0.143. The highest BCUT2D eigenvalue weighted by atomic mass is 19.1. The van der Waals surface area contributed by atoms with Gasteiger partial charge in [0.05, 0.1) is 0 Å². The Bertz CT molecular complexity index is 1100. The maximum absolute atomic E-state index is 13.4. The number of pyridine rings is 1. The predicted octanol–water partition coefficient (Wildman–Crippen LogP) is 4.81. The number of aromatic nitrogens is 1. The fraction of sp³-hybridized carbons (Fsp3) is 0.200. The molecule has 0 saturated carbocycles. The van der Waals surface area contributed by atoms with Crippen molar-refractivity contribution in [1.29, 1.82) is 0 Å². The molecule has 4 nitrogen and oxygen atoms in total. The van der Waals surface area contributed by atoms with E-state index in [0.717, 1.165) is 0 Å². The molecule has 1 amide bonds. The smallest absolute Gasteiger partial charge is 0.407 e. The van der Waals surface area contributed by atoms with Gasteiger partial charge in [-0.05, 0) is 35.2 Å². The Morgan fingerprint density at radius 1 is 1.10 bits per heavy atom. The molecular formula is C25H21FN2O2. The number of hydrogen-bond acceptors (Lipinski definition) is 3.